The largest absolute Gasteiger partial charge is 0.416 e. The Balaban J connectivity index is 1.99. The Morgan fingerprint density at radius 2 is 2.15 bits per heavy atom. The smallest absolute Gasteiger partial charge is 0.377 e. The van der Waals surface area contributed by atoms with Gasteiger partial charge in [-0.3, -0.25) is 4.99 Å². The molecule has 4 nitrogen and oxygen atoms in total. The van der Waals surface area contributed by atoms with E-state index >= 15 is 0 Å². The fourth-order valence-electron chi connectivity index (χ4n) is 2.70. The highest BCUT2D eigenvalue weighted by molar-refractivity contribution is 5.80. The van der Waals surface area contributed by atoms with Crippen LogP contribution < -0.4 is 10.6 Å². The van der Waals surface area contributed by atoms with Gasteiger partial charge in [-0.2, -0.15) is 13.2 Å². The minimum atomic E-state index is -4.34. The first kappa shape index (κ1) is 20.3. The van der Waals surface area contributed by atoms with E-state index in [1.807, 2.05) is 13.8 Å². The van der Waals surface area contributed by atoms with Crippen molar-refractivity contribution in [3.8, 4) is 0 Å². The van der Waals surface area contributed by atoms with Crippen molar-refractivity contribution in [1.82, 2.24) is 10.6 Å². The van der Waals surface area contributed by atoms with E-state index in [0.29, 0.717) is 31.2 Å². The van der Waals surface area contributed by atoms with Gasteiger partial charge in [-0.25, -0.2) is 0 Å². The number of halogens is 3. The maximum absolute atomic E-state index is 12.9. The zero-order valence-electron chi connectivity index (χ0n) is 15.2. The summed E-state index contributed by atoms with van der Waals surface area (Å²) in [4.78, 5) is 4.53. The first-order valence-corrected chi connectivity index (χ1v) is 8.87. The lowest BCUT2D eigenvalue weighted by Gasteiger charge is -2.19. The summed E-state index contributed by atoms with van der Waals surface area (Å²) in [5.74, 6) is 0.602. The summed E-state index contributed by atoms with van der Waals surface area (Å²) in [6.07, 6.45) is -0.464. The Kier molecular flexibility index (Phi) is 7.50. The first-order valence-electron chi connectivity index (χ1n) is 8.87. The number of guanidine groups is 1. The van der Waals surface area contributed by atoms with Crippen LogP contribution in [0, 0.1) is 0 Å². The molecule has 2 rings (SSSR count). The van der Waals surface area contributed by atoms with Crippen molar-refractivity contribution >= 4 is 5.96 Å². The lowest BCUT2D eigenvalue weighted by Crippen LogP contribution is -2.38. The van der Waals surface area contributed by atoms with Crippen LogP contribution in [-0.4, -0.2) is 32.3 Å². The highest BCUT2D eigenvalue weighted by Gasteiger charge is 2.30. The second-order valence-corrected chi connectivity index (χ2v) is 6.19. The molecule has 1 unspecified atom stereocenters. The molecule has 0 saturated carbocycles. The topological polar surface area (TPSA) is 45.7 Å². The van der Waals surface area contributed by atoms with Crippen LogP contribution in [0.1, 0.15) is 43.9 Å². The highest BCUT2D eigenvalue weighted by atomic mass is 19.4. The SMILES string of the molecule is CCNC(=NCCC1=CCOCC1)NC(C)c1cccc(C(F)(F)F)c1. The van der Waals surface area contributed by atoms with Gasteiger partial charge < -0.3 is 15.4 Å². The van der Waals surface area contributed by atoms with Crippen LogP contribution in [0.2, 0.25) is 0 Å². The molecule has 0 radical (unpaired) electrons. The number of hydrogen-bond donors (Lipinski definition) is 2. The third-order valence-corrected chi connectivity index (χ3v) is 4.17. The third kappa shape index (κ3) is 6.37. The minimum Gasteiger partial charge on any atom is -0.377 e. The molecule has 1 heterocycles. The van der Waals surface area contributed by atoms with Crippen molar-refractivity contribution in [3.05, 3.63) is 47.0 Å². The molecule has 0 aromatic heterocycles. The number of ether oxygens (including phenoxy) is 1. The first-order chi connectivity index (χ1) is 12.4. The van der Waals surface area contributed by atoms with Gasteiger partial charge in [0.1, 0.15) is 0 Å². The van der Waals surface area contributed by atoms with Crippen LogP contribution in [0.4, 0.5) is 13.2 Å². The zero-order valence-corrected chi connectivity index (χ0v) is 15.2. The molecule has 2 N–H and O–H groups in total. The molecule has 0 spiro atoms. The van der Waals surface area contributed by atoms with Crippen molar-refractivity contribution < 1.29 is 17.9 Å². The summed E-state index contributed by atoms with van der Waals surface area (Å²) in [5, 5.41) is 6.32. The number of nitrogens with one attached hydrogen (secondary N) is 2. The molecule has 7 heteroatoms. The number of nitrogens with zero attached hydrogens (tertiary/aromatic N) is 1. The molecule has 1 aromatic carbocycles. The predicted octanol–water partition coefficient (Wildman–Crippen LogP) is 4.06. The monoisotopic (exact) mass is 369 g/mol. The summed E-state index contributed by atoms with van der Waals surface area (Å²) in [6, 6.07) is 5.07. The number of alkyl halides is 3. The number of rotatable bonds is 6. The molecule has 26 heavy (non-hydrogen) atoms. The van der Waals surface area contributed by atoms with E-state index in [0.717, 1.165) is 25.5 Å². The predicted molar refractivity (Wildman–Crippen MR) is 97.1 cm³/mol. The molecule has 1 aromatic rings. The standard InChI is InChI=1S/C19H26F3N3O/c1-3-23-18(24-10-7-15-8-11-26-12-9-15)25-14(2)16-5-4-6-17(13-16)19(20,21)22/h4-6,8,13-14H,3,7,9-12H2,1-2H3,(H2,23,24,25). The van der Waals surface area contributed by atoms with Gasteiger partial charge in [0.05, 0.1) is 24.8 Å². The fourth-order valence-corrected chi connectivity index (χ4v) is 2.70. The summed E-state index contributed by atoms with van der Waals surface area (Å²) in [7, 11) is 0. The van der Waals surface area contributed by atoms with Crippen LogP contribution >= 0.6 is 0 Å². The van der Waals surface area contributed by atoms with Crippen molar-refractivity contribution in [2.24, 2.45) is 4.99 Å². The zero-order chi connectivity index (χ0) is 19.0. The summed E-state index contributed by atoms with van der Waals surface area (Å²) >= 11 is 0. The van der Waals surface area contributed by atoms with Crippen LogP contribution in [0.25, 0.3) is 0 Å². The molecule has 0 fully saturated rings. The Labute approximate surface area is 152 Å². The quantitative estimate of drug-likeness (QED) is 0.452. The lowest BCUT2D eigenvalue weighted by molar-refractivity contribution is -0.137. The summed E-state index contributed by atoms with van der Waals surface area (Å²) < 4.78 is 43.9. The average Bonchev–Trinajstić information content (AvgIpc) is 2.62. The molecule has 0 bridgehead atoms. The maximum Gasteiger partial charge on any atom is 0.416 e. The molecule has 0 aliphatic carbocycles. The molecule has 0 saturated heterocycles. The fraction of sp³-hybridized carbons (Fsp3) is 0.526. The Morgan fingerprint density at radius 1 is 1.35 bits per heavy atom. The summed E-state index contributed by atoms with van der Waals surface area (Å²) in [6.45, 7) is 6.48. The Morgan fingerprint density at radius 3 is 2.81 bits per heavy atom. The van der Waals surface area contributed by atoms with E-state index in [1.54, 1.807) is 6.07 Å². The molecule has 1 atom stereocenters. The summed E-state index contributed by atoms with van der Waals surface area (Å²) in [5.41, 5.74) is 1.26. The van der Waals surface area contributed by atoms with E-state index in [9.17, 15) is 13.2 Å². The lowest BCUT2D eigenvalue weighted by atomic mass is 10.1. The molecular formula is C19H26F3N3O. The van der Waals surface area contributed by atoms with Crippen LogP contribution in [0.3, 0.4) is 0 Å². The minimum absolute atomic E-state index is 0.294. The maximum atomic E-state index is 12.9. The number of aliphatic imine (C=N–C) groups is 1. The average molecular weight is 369 g/mol. The third-order valence-electron chi connectivity index (χ3n) is 4.17. The number of hydrogen-bond acceptors (Lipinski definition) is 2. The van der Waals surface area contributed by atoms with Crippen molar-refractivity contribution in [3.63, 3.8) is 0 Å². The van der Waals surface area contributed by atoms with Crippen LogP contribution in [0.5, 0.6) is 0 Å². The van der Waals surface area contributed by atoms with Crippen molar-refractivity contribution in [2.75, 3.05) is 26.3 Å². The molecule has 144 valence electrons. The van der Waals surface area contributed by atoms with E-state index < -0.39 is 11.7 Å². The van der Waals surface area contributed by atoms with Gasteiger partial charge in [0, 0.05) is 13.1 Å². The van der Waals surface area contributed by atoms with Gasteiger partial charge in [0.25, 0.3) is 0 Å². The van der Waals surface area contributed by atoms with Crippen molar-refractivity contribution in [2.45, 2.75) is 38.9 Å². The van der Waals surface area contributed by atoms with Gasteiger partial charge in [-0.05, 0) is 44.4 Å². The Hall–Kier alpha value is -2.02. The Bertz CT molecular complexity index is 641. The van der Waals surface area contributed by atoms with Crippen LogP contribution in [-0.2, 0) is 10.9 Å². The second-order valence-electron chi connectivity index (χ2n) is 6.19. The van der Waals surface area contributed by atoms with Gasteiger partial charge in [-0.1, -0.05) is 23.8 Å². The van der Waals surface area contributed by atoms with Gasteiger partial charge in [0.2, 0.25) is 0 Å². The highest BCUT2D eigenvalue weighted by Crippen LogP contribution is 2.30. The molecule has 0 amide bonds. The second kappa shape index (κ2) is 9.62. The van der Waals surface area contributed by atoms with Gasteiger partial charge in [0.15, 0.2) is 5.96 Å². The van der Waals surface area contributed by atoms with E-state index in [4.69, 9.17) is 4.74 Å². The van der Waals surface area contributed by atoms with Gasteiger partial charge >= 0.3 is 6.18 Å². The van der Waals surface area contributed by atoms with E-state index in [-0.39, 0.29) is 6.04 Å². The van der Waals surface area contributed by atoms with Gasteiger partial charge in [-0.15, -0.1) is 0 Å². The molecule has 1 aliphatic heterocycles. The van der Waals surface area contributed by atoms with E-state index in [2.05, 4.69) is 21.7 Å². The van der Waals surface area contributed by atoms with E-state index in [1.165, 1.54) is 17.7 Å². The molecular weight excluding hydrogens is 343 g/mol. The number of benzene rings is 1. The van der Waals surface area contributed by atoms with Crippen molar-refractivity contribution in [1.29, 1.82) is 0 Å². The van der Waals surface area contributed by atoms with Crippen LogP contribution in [0.15, 0.2) is 40.9 Å². The normalized spacial score (nSPS) is 16.8. The molecule has 1 aliphatic rings.